The first-order valence-electron chi connectivity index (χ1n) is 17.3. The Labute approximate surface area is 281 Å². The number of fused-ring (bicyclic) bond motifs is 8. The molecule has 7 aromatic rings. The number of hydrogen-bond acceptors (Lipinski definition) is 0. The maximum absolute atomic E-state index is 2.50. The number of rotatable bonds is 2. The lowest BCUT2D eigenvalue weighted by Gasteiger charge is -2.36. The van der Waals surface area contributed by atoms with E-state index in [0.29, 0.717) is 0 Å². The van der Waals surface area contributed by atoms with Crippen molar-refractivity contribution in [3.8, 4) is 55.6 Å². The zero-order valence-electron chi connectivity index (χ0n) is 27.5. The van der Waals surface area contributed by atoms with Gasteiger partial charge in [-0.25, -0.2) is 0 Å². The van der Waals surface area contributed by atoms with Gasteiger partial charge in [0.15, 0.2) is 0 Å². The summed E-state index contributed by atoms with van der Waals surface area (Å²) < 4.78 is 0. The molecule has 4 aliphatic carbocycles. The van der Waals surface area contributed by atoms with Crippen LogP contribution >= 0.6 is 0 Å². The molecule has 4 aliphatic rings. The van der Waals surface area contributed by atoms with Crippen LogP contribution in [0.4, 0.5) is 0 Å². The van der Waals surface area contributed by atoms with Crippen LogP contribution in [0.2, 0.25) is 0 Å². The molecule has 0 amide bonds. The molecule has 0 N–H and O–H groups in total. The monoisotopic (exact) mass is 610 g/mol. The predicted molar refractivity (Wildman–Crippen MR) is 203 cm³/mol. The topological polar surface area (TPSA) is 0 Å². The van der Waals surface area contributed by atoms with Gasteiger partial charge in [0, 0.05) is 10.8 Å². The summed E-state index contributed by atoms with van der Waals surface area (Å²) in [6, 6.07) is 48.2. The van der Waals surface area contributed by atoms with Crippen LogP contribution in [0, 0.1) is 0 Å². The van der Waals surface area contributed by atoms with Crippen molar-refractivity contribution in [1.82, 2.24) is 0 Å². The van der Waals surface area contributed by atoms with Crippen molar-refractivity contribution < 1.29 is 0 Å². The Morgan fingerprint density at radius 3 is 1.62 bits per heavy atom. The summed E-state index contributed by atoms with van der Waals surface area (Å²) in [5, 5.41) is 5.54. The van der Waals surface area contributed by atoms with E-state index < -0.39 is 0 Å². The smallest absolute Gasteiger partial charge is 0.0151 e. The molecule has 0 saturated carbocycles. The van der Waals surface area contributed by atoms with Crippen LogP contribution in [0.15, 0.2) is 145 Å². The van der Waals surface area contributed by atoms with Crippen molar-refractivity contribution in [3.05, 3.63) is 162 Å². The quantitative estimate of drug-likeness (QED) is 0.183. The van der Waals surface area contributed by atoms with Gasteiger partial charge in [-0.1, -0.05) is 160 Å². The van der Waals surface area contributed by atoms with E-state index >= 15 is 0 Å². The lowest BCUT2D eigenvalue weighted by atomic mass is 9.67. The highest BCUT2D eigenvalue weighted by Crippen LogP contribution is 2.57. The molecule has 0 nitrogen and oxygen atoms in total. The zero-order chi connectivity index (χ0) is 31.9. The van der Waals surface area contributed by atoms with Gasteiger partial charge in [-0.2, -0.15) is 0 Å². The van der Waals surface area contributed by atoms with Gasteiger partial charge in [0.05, 0.1) is 0 Å². The summed E-state index contributed by atoms with van der Waals surface area (Å²) in [6.07, 6.45) is 5.96. The van der Waals surface area contributed by atoms with Crippen molar-refractivity contribution in [2.45, 2.75) is 38.0 Å². The van der Waals surface area contributed by atoms with Crippen LogP contribution in [0.5, 0.6) is 0 Å². The van der Waals surface area contributed by atoms with Gasteiger partial charge >= 0.3 is 0 Å². The van der Waals surface area contributed by atoms with E-state index in [1.807, 2.05) is 0 Å². The van der Waals surface area contributed by atoms with Gasteiger partial charge in [0.2, 0.25) is 0 Å². The van der Waals surface area contributed by atoms with E-state index in [1.54, 1.807) is 5.57 Å². The molecule has 226 valence electrons. The van der Waals surface area contributed by atoms with Gasteiger partial charge in [-0.05, 0) is 112 Å². The molecule has 0 heterocycles. The fraction of sp³-hybridized carbons (Fsp3) is 0.125. The van der Waals surface area contributed by atoms with Crippen LogP contribution in [-0.2, 0) is 10.8 Å². The lowest BCUT2D eigenvalue weighted by Crippen LogP contribution is -2.28. The molecule has 0 fully saturated rings. The summed E-state index contributed by atoms with van der Waals surface area (Å²) in [5.74, 6) is 0. The highest BCUT2D eigenvalue weighted by molar-refractivity contribution is 6.19. The Morgan fingerprint density at radius 1 is 0.438 bits per heavy atom. The Bertz CT molecular complexity index is 2620. The summed E-state index contributed by atoms with van der Waals surface area (Å²) in [4.78, 5) is 0. The number of allylic oxidation sites excluding steroid dienone is 4. The van der Waals surface area contributed by atoms with E-state index in [9.17, 15) is 0 Å². The lowest BCUT2D eigenvalue weighted by molar-refractivity contribution is 0.516. The molecule has 1 unspecified atom stereocenters. The Balaban J connectivity index is 1.00. The van der Waals surface area contributed by atoms with Gasteiger partial charge in [-0.15, -0.1) is 0 Å². The van der Waals surface area contributed by atoms with E-state index in [4.69, 9.17) is 0 Å². The normalized spacial score (nSPS) is 18.7. The molecule has 0 radical (unpaired) electrons. The summed E-state index contributed by atoms with van der Waals surface area (Å²) in [7, 11) is 0. The second-order valence-corrected chi connectivity index (χ2v) is 15.1. The van der Waals surface area contributed by atoms with Crippen molar-refractivity contribution in [2.24, 2.45) is 0 Å². The maximum atomic E-state index is 2.50. The van der Waals surface area contributed by atoms with E-state index in [1.165, 1.54) is 99.4 Å². The molecule has 11 rings (SSSR count). The largest absolute Gasteiger partial charge is 0.0733 e. The molecule has 0 heteroatoms. The molecule has 0 spiro atoms. The van der Waals surface area contributed by atoms with Crippen LogP contribution in [-0.4, -0.2) is 0 Å². The fourth-order valence-electron chi connectivity index (χ4n) is 9.88. The van der Waals surface area contributed by atoms with E-state index in [-0.39, 0.29) is 10.8 Å². The predicted octanol–water partition coefficient (Wildman–Crippen LogP) is 12.9. The van der Waals surface area contributed by atoms with Crippen molar-refractivity contribution in [1.29, 1.82) is 0 Å². The third kappa shape index (κ3) is 3.21. The van der Waals surface area contributed by atoms with Gasteiger partial charge in [0.25, 0.3) is 0 Å². The van der Waals surface area contributed by atoms with Crippen molar-refractivity contribution in [2.75, 3.05) is 0 Å². The van der Waals surface area contributed by atoms with E-state index in [2.05, 4.69) is 160 Å². The average molecular weight is 611 g/mol. The molecule has 0 bridgehead atoms. The summed E-state index contributed by atoms with van der Waals surface area (Å²) in [6.45, 7) is 7.35. The Kier molecular flexibility index (Phi) is 4.94. The summed E-state index contributed by atoms with van der Waals surface area (Å²) >= 11 is 0. The second-order valence-electron chi connectivity index (χ2n) is 15.1. The van der Waals surface area contributed by atoms with Gasteiger partial charge in [-0.3, -0.25) is 0 Å². The number of hydrogen-bond donors (Lipinski definition) is 0. The molecule has 0 aromatic heterocycles. The molecule has 0 aliphatic heterocycles. The summed E-state index contributed by atoms with van der Waals surface area (Å²) in [5.41, 5.74) is 20.6. The first kappa shape index (κ1) is 26.6. The molecule has 1 atom stereocenters. The first-order valence-corrected chi connectivity index (χ1v) is 17.3. The van der Waals surface area contributed by atoms with Crippen molar-refractivity contribution in [3.63, 3.8) is 0 Å². The SMILES string of the molecule is CC1(c2ccc3c4c(cccc24)-c2ccccc2-3)C=CC2=C(C1)C(C)(C)c1cc(-c3ccc4c5c(cccc35)-c3ccccc3-4)ccc12. The van der Waals surface area contributed by atoms with Gasteiger partial charge in [0.1, 0.15) is 0 Å². The molecule has 0 saturated heterocycles. The van der Waals surface area contributed by atoms with E-state index in [0.717, 1.165) is 6.42 Å². The highest BCUT2D eigenvalue weighted by atomic mass is 14.5. The molecule has 7 aromatic carbocycles. The third-order valence-electron chi connectivity index (χ3n) is 12.2. The fourth-order valence-corrected chi connectivity index (χ4v) is 9.88. The molecule has 48 heavy (non-hydrogen) atoms. The highest BCUT2D eigenvalue weighted by Gasteiger charge is 2.43. The van der Waals surface area contributed by atoms with Crippen LogP contribution in [0.3, 0.4) is 0 Å². The van der Waals surface area contributed by atoms with Crippen LogP contribution in [0.25, 0.3) is 82.8 Å². The zero-order valence-corrected chi connectivity index (χ0v) is 27.5. The standard InChI is InChI=1S/C48H34/c1-47(2)43-26-28(29-20-21-39-32-12-6-4-10-30(32)37-15-8-14-36(29)45(37)39)18-19-34(43)35-24-25-48(3,27-44(35)47)42-23-22-40-33-13-7-5-11-31(33)38-16-9-17-41(42)46(38)40/h4-26H,27H2,1-3H3. The van der Waals surface area contributed by atoms with Crippen LogP contribution < -0.4 is 0 Å². The first-order chi connectivity index (χ1) is 23.4. The minimum absolute atomic E-state index is 0.0666. The third-order valence-corrected chi connectivity index (χ3v) is 12.2. The van der Waals surface area contributed by atoms with Crippen LogP contribution in [0.1, 0.15) is 43.9 Å². The second kappa shape index (κ2) is 8.91. The average Bonchev–Trinajstić information content (AvgIpc) is 3.70. The number of benzene rings is 7. The Morgan fingerprint density at radius 2 is 0.958 bits per heavy atom. The molecular weight excluding hydrogens is 577 g/mol. The minimum Gasteiger partial charge on any atom is -0.0733 e. The minimum atomic E-state index is -0.0976. The molecular formula is C48H34. The Hall–Kier alpha value is -5.46. The van der Waals surface area contributed by atoms with Crippen molar-refractivity contribution >= 4 is 27.1 Å². The van der Waals surface area contributed by atoms with Gasteiger partial charge < -0.3 is 0 Å². The maximum Gasteiger partial charge on any atom is 0.0151 e.